The molecule has 5 nitrogen and oxygen atoms in total. The molecule has 0 saturated heterocycles. The van der Waals surface area contributed by atoms with Gasteiger partial charge in [-0.15, -0.1) is 0 Å². The molecule has 4 aromatic rings. The molecule has 2 unspecified atom stereocenters. The smallest absolute Gasteiger partial charge is 0.123 e. The van der Waals surface area contributed by atoms with Gasteiger partial charge in [0.25, 0.3) is 0 Å². The molecule has 1 aliphatic rings. The van der Waals surface area contributed by atoms with Gasteiger partial charge >= 0.3 is 0 Å². The van der Waals surface area contributed by atoms with Crippen molar-refractivity contribution in [1.29, 1.82) is 0 Å². The van der Waals surface area contributed by atoms with Gasteiger partial charge in [-0.25, -0.2) is 4.39 Å². The van der Waals surface area contributed by atoms with Gasteiger partial charge in [0.2, 0.25) is 0 Å². The Morgan fingerprint density at radius 2 is 2.03 bits per heavy atom. The van der Waals surface area contributed by atoms with Gasteiger partial charge < -0.3 is 11.1 Å². The number of aromatic nitrogens is 3. The van der Waals surface area contributed by atoms with Crippen LogP contribution in [0, 0.1) is 12.7 Å². The van der Waals surface area contributed by atoms with Crippen LogP contribution < -0.4 is 11.1 Å². The molecule has 5 rings (SSSR count). The Kier molecular flexibility index (Phi) is 4.56. The molecule has 6 heteroatoms. The van der Waals surface area contributed by atoms with Gasteiger partial charge in [-0.1, -0.05) is 18.2 Å². The number of rotatable bonds is 4. The van der Waals surface area contributed by atoms with Crippen LogP contribution in [0.5, 0.6) is 0 Å². The van der Waals surface area contributed by atoms with E-state index in [9.17, 15) is 4.39 Å². The number of halogens is 1. The Balaban J connectivity index is 1.54. The Morgan fingerprint density at radius 3 is 2.83 bits per heavy atom. The summed E-state index contributed by atoms with van der Waals surface area (Å²) in [4.78, 5) is 4.94. The summed E-state index contributed by atoms with van der Waals surface area (Å²) < 4.78 is 15.6. The average molecular weight is 404 g/mol. The maximum absolute atomic E-state index is 13.7. The lowest BCUT2D eigenvalue weighted by atomic mass is 9.90. The van der Waals surface area contributed by atoms with E-state index < -0.39 is 0 Å². The summed E-state index contributed by atoms with van der Waals surface area (Å²) in [5, 5.41) is 10.5. The van der Waals surface area contributed by atoms with Crippen molar-refractivity contribution in [2.75, 3.05) is 0 Å². The van der Waals surface area contributed by atoms with Crippen molar-refractivity contribution in [1.82, 2.24) is 20.1 Å². The Labute approximate surface area is 175 Å². The zero-order valence-electron chi connectivity index (χ0n) is 17.3. The fourth-order valence-electron chi connectivity index (χ4n) is 4.85. The van der Waals surface area contributed by atoms with Crippen LogP contribution in [0.25, 0.3) is 21.8 Å². The predicted molar refractivity (Wildman–Crippen MR) is 117 cm³/mol. The van der Waals surface area contributed by atoms with E-state index in [0.717, 1.165) is 58.0 Å². The van der Waals surface area contributed by atoms with Crippen molar-refractivity contribution in [3.8, 4) is 0 Å². The molecule has 1 fully saturated rings. The van der Waals surface area contributed by atoms with Crippen LogP contribution in [0.1, 0.15) is 36.2 Å². The highest BCUT2D eigenvalue weighted by molar-refractivity contribution is 5.83. The summed E-state index contributed by atoms with van der Waals surface area (Å²) in [6, 6.07) is 15.3. The normalized spacial score (nSPS) is 21.7. The highest BCUT2D eigenvalue weighted by Crippen LogP contribution is 2.39. The predicted octanol–water partition coefficient (Wildman–Crippen LogP) is 4.07. The van der Waals surface area contributed by atoms with Crippen molar-refractivity contribution in [3.05, 3.63) is 71.3 Å². The topological polar surface area (TPSA) is 68.8 Å². The second-order valence-corrected chi connectivity index (χ2v) is 8.51. The van der Waals surface area contributed by atoms with Crippen molar-refractivity contribution in [3.63, 3.8) is 0 Å². The first-order valence-corrected chi connectivity index (χ1v) is 10.4. The van der Waals surface area contributed by atoms with Crippen LogP contribution in [-0.2, 0) is 19.1 Å². The summed E-state index contributed by atoms with van der Waals surface area (Å²) >= 11 is 0. The molecule has 154 valence electrons. The van der Waals surface area contributed by atoms with Crippen molar-refractivity contribution in [2.45, 2.75) is 44.3 Å². The van der Waals surface area contributed by atoms with Crippen LogP contribution in [0.2, 0.25) is 0 Å². The lowest BCUT2D eigenvalue weighted by Crippen LogP contribution is -2.42. The number of nitrogens with zero attached hydrogens (tertiary/aromatic N) is 3. The van der Waals surface area contributed by atoms with E-state index in [1.54, 1.807) is 12.1 Å². The van der Waals surface area contributed by atoms with Crippen molar-refractivity contribution < 1.29 is 4.39 Å². The minimum Gasteiger partial charge on any atom is -0.328 e. The summed E-state index contributed by atoms with van der Waals surface area (Å²) in [5.41, 5.74) is 11.0. The molecule has 1 aliphatic carbocycles. The first-order chi connectivity index (χ1) is 14.4. The zero-order chi connectivity index (χ0) is 20.9. The SMILES string of the molecule is Cc1cc(C2(NCc3nn(C)c4ccccc34)CCC(N)C2)nc2ccc(F)cc12. The number of pyridine rings is 1. The van der Waals surface area contributed by atoms with Gasteiger partial charge in [-0.2, -0.15) is 5.10 Å². The van der Waals surface area contributed by atoms with E-state index in [4.69, 9.17) is 15.8 Å². The standard InChI is InChI=1S/C24H26FN5/c1-15-11-23(28-20-8-7-16(25)12-19(15)20)24(10-9-17(26)13-24)27-14-21-18-5-3-4-6-22(18)30(2)29-21/h3-8,11-12,17,27H,9-10,13-14,26H2,1-2H3. The Hall–Kier alpha value is -2.83. The van der Waals surface area contributed by atoms with E-state index in [0.29, 0.717) is 6.54 Å². The summed E-state index contributed by atoms with van der Waals surface area (Å²) in [5.74, 6) is -0.238. The third-order valence-electron chi connectivity index (χ3n) is 6.45. The van der Waals surface area contributed by atoms with Gasteiger partial charge in [0.15, 0.2) is 0 Å². The molecule has 0 radical (unpaired) electrons. The van der Waals surface area contributed by atoms with Crippen molar-refractivity contribution in [2.24, 2.45) is 12.8 Å². The second kappa shape index (κ2) is 7.15. The number of hydrogen-bond donors (Lipinski definition) is 2. The highest BCUT2D eigenvalue weighted by atomic mass is 19.1. The number of benzene rings is 2. The highest BCUT2D eigenvalue weighted by Gasteiger charge is 2.40. The summed E-state index contributed by atoms with van der Waals surface area (Å²) in [7, 11) is 1.97. The fraction of sp³-hybridized carbons (Fsp3) is 0.333. The third-order valence-corrected chi connectivity index (χ3v) is 6.45. The number of aryl methyl sites for hydroxylation is 2. The van der Waals surface area contributed by atoms with E-state index in [1.807, 2.05) is 30.8 Å². The Morgan fingerprint density at radius 1 is 1.20 bits per heavy atom. The molecule has 1 saturated carbocycles. The number of nitrogens with one attached hydrogen (secondary N) is 1. The van der Waals surface area contributed by atoms with Crippen LogP contribution in [0.4, 0.5) is 4.39 Å². The molecule has 3 N–H and O–H groups in total. The molecule has 0 amide bonds. The van der Waals surface area contributed by atoms with Gasteiger partial charge in [0.1, 0.15) is 5.82 Å². The van der Waals surface area contributed by atoms with Gasteiger partial charge in [-0.3, -0.25) is 9.67 Å². The average Bonchev–Trinajstić information content (AvgIpc) is 3.28. The Bertz CT molecular complexity index is 1250. The molecule has 0 aliphatic heterocycles. The van der Waals surface area contributed by atoms with Gasteiger partial charge in [0, 0.05) is 30.4 Å². The molecular formula is C24H26FN5. The van der Waals surface area contributed by atoms with E-state index >= 15 is 0 Å². The maximum atomic E-state index is 13.7. The lowest BCUT2D eigenvalue weighted by Gasteiger charge is -2.31. The number of fused-ring (bicyclic) bond motifs is 2. The number of nitrogens with two attached hydrogens (primary N) is 1. The van der Waals surface area contributed by atoms with Crippen LogP contribution in [0.15, 0.2) is 48.5 Å². The van der Waals surface area contributed by atoms with E-state index in [-0.39, 0.29) is 17.4 Å². The fourth-order valence-corrected chi connectivity index (χ4v) is 4.85. The molecule has 2 aromatic heterocycles. The molecule has 2 atom stereocenters. The molecular weight excluding hydrogens is 377 g/mol. The molecule has 0 bridgehead atoms. The van der Waals surface area contributed by atoms with Crippen LogP contribution >= 0.6 is 0 Å². The van der Waals surface area contributed by atoms with Crippen LogP contribution in [-0.4, -0.2) is 20.8 Å². The minimum absolute atomic E-state index is 0.129. The molecule has 2 aromatic carbocycles. The summed E-state index contributed by atoms with van der Waals surface area (Å²) in [6.07, 6.45) is 2.67. The van der Waals surface area contributed by atoms with Crippen molar-refractivity contribution >= 4 is 21.8 Å². The number of para-hydroxylation sites is 1. The zero-order valence-corrected chi connectivity index (χ0v) is 17.3. The lowest BCUT2D eigenvalue weighted by molar-refractivity contribution is 0.324. The third kappa shape index (κ3) is 3.16. The quantitative estimate of drug-likeness (QED) is 0.539. The maximum Gasteiger partial charge on any atom is 0.123 e. The van der Waals surface area contributed by atoms with Gasteiger partial charge in [-0.05, 0) is 62.1 Å². The van der Waals surface area contributed by atoms with Crippen LogP contribution in [0.3, 0.4) is 0 Å². The summed E-state index contributed by atoms with van der Waals surface area (Å²) in [6.45, 7) is 2.65. The number of hydrogen-bond acceptors (Lipinski definition) is 4. The monoisotopic (exact) mass is 403 g/mol. The molecule has 2 heterocycles. The van der Waals surface area contributed by atoms with Gasteiger partial charge in [0.05, 0.1) is 28.0 Å². The molecule has 0 spiro atoms. The van der Waals surface area contributed by atoms with E-state index in [2.05, 4.69) is 23.5 Å². The molecule has 30 heavy (non-hydrogen) atoms. The van der Waals surface area contributed by atoms with E-state index in [1.165, 1.54) is 6.07 Å². The second-order valence-electron chi connectivity index (χ2n) is 8.51. The first kappa shape index (κ1) is 19.2. The minimum atomic E-state index is -0.314. The first-order valence-electron chi connectivity index (χ1n) is 10.4. The largest absolute Gasteiger partial charge is 0.328 e.